The highest BCUT2D eigenvalue weighted by Gasteiger charge is 2.33. The summed E-state index contributed by atoms with van der Waals surface area (Å²) in [4.78, 5) is 8.22. The number of rotatable bonds is 5. The fourth-order valence-electron chi connectivity index (χ4n) is 5.39. The summed E-state index contributed by atoms with van der Waals surface area (Å²) < 4.78 is 34.2. The first-order valence-corrected chi connectivity index (χ1v) is 13.5. The van der Waals surface area contributed by atoms with Gasteiger partial charge in [-0.25, -0.2) is 13.8 Å². The fraction of sp³-hybridized carbons (Fsp3) is 0.444. The van der Waals surface area contributed by atoms with E-state index in [1.807, 2.05) is 0 Å². The number of aromatic nitrogens is 1. The molecular formula is C27H27Cl3F2N2O. The zero-order valence-corrected chi connectivity index (χ0v) is 21.5. The molecule has 3 aliphatic rings. The number of hydrogen-bond donors (Lipinski definition) is 1. The number of benzene rings is 1. The van der Waals surface area contributed by atoms with Gasteiger partial charge in [-0.3, -0.25) is 0 Å². The maximum absolute atomic E-state index is 14.6. The lowest BCUT2D eigenvalue weighted by Gasteiger charge is -2.21. The van der Waals surface area contributed by atoms with Crippen molar-refractivity contribution in [2.45, 2.75) is 70.1 Å². The average molecular weight is 540 g/mol. The van der Waals surface area contributed by atoms with Crippen molar-refractivity contribution < 1.29 is 13.5 Å². The summed E-state index contributed by atoms with van der Waals surface area (Å²) in [5.74, 6) is -0.899. The van der Waals surface area contributed by atoms with Crippen LogP contribution in [0, 0.1) is 17.6 Å². The van der Waals surface area contributed by atoms with Crippen molar-refractivity contribution in [2.24, 2.45) is 10.9 Å². The second-order valence-electron chi connectivity index (χ2n) is 9.59. The molecule has 1 aliphatic heterocycles. The molecule has 0 saturated heterocycles. The van der Waals surface area contributed by atoms with Crippen LogP contribution >= 0.6 is 34.8 Å². The summed E-state index contributed by atoms with van der Waals surface area (Å²) in [5.41, 5.74) is 2.54. The predicted octanol–water partition coefficient (Wildman–Crippen LogP) is 9.47. The van der Waals surface area contributed by atoms with E-state index >= 15 is 0 Å². The van der Waals surface area contributed by atoms with E-state index in [2.05, 4.69) is 4.98 Å². The van der Waals surface area contributed by atoms with Crippen LogP contribution in [-0.2, 0) is 0 Å². The zero-order valence-electron chi connectivity index (χ0n) is 19.3. The summed E-state index contributed by atoms with van der Waals surface area (Å²) in [6.07, 6.45) is 11.1. The quantitative estimate of drug-likeness (QED) is 0.377. The second kappa shape index (κ2) is 10.7. The number of H-pyrrole nitrogens is 1. The van der Waals surface area contributed by atoms with E-state index in [0.29, 0.717) is 27.4 Å². The summed E-state index contributed by atoms with van der Waals surface area (Å²) in [6.45, 7) is 0. The number of halogens is 5. The standard InChI is InChI=1S/C27H27Cl3F2N2O/c28-18-14-20(33-24(18)15-7-3-1-4-8-15)27(35-21-12-11-17(31)13-19(21)32)26-23(30)22(29)25(34-26)16-9-5-2-6-10-16/h11-16,33H,1-10H2/b27-26+. The number of hydrogen-bond acceptors (Lipinski definition) is 2. The molecule has 2 fully saturated rings. The van der Waals surface area contributed by atoms with Crippen LogP contribution in [0.5, 0.6) is 5.75 Å². The molecule has 0 bridgehead atoms. The molecule has 0 spiro atoms. The lowest BCUT2D eigenvalue weighted by Crippen LogP contribution is -2.16. The Kier molecular flexibility index (Phi) is 7.57. The molecule has 1 aromatic carbocycles. The Morgan fingerprint density at radius 2 is 1.51 bits per heavy atom. The van der Waals surface area contributed by atoms with Crippen molar-refractivity contribution in [2.75, 3.05) is 0 Å². The molecular weight excluding hydrogens is 513 g/mol. The maximum atomic E-state index is 14.6. The van der Waals surface area contributed by atoms with Crippen LogP contribution in [0.15, 0.2) is 45.0 Å². The normalized spacial score (nSPS) is 21.5. The van der Waals surface area contributed by atoms with Gasteiger partial charge in [-0.1, -0.05) is 73.3 Å². The van der Waals surface area contributed by atoms with Crippen LogP contribution in [0.2, 0.25) is 5.02 Å². The number of aliphatic imine (C=N–C) groups is 1. The van der Waals surface area contributed by atoms with Crippen LogP contribution in [0.25, 0.3) is 5.76 Å². The monoisotopic (exact) mass is 538 g/mol. The smallest absolute Gasteiger partial charge is 0.178 e. The molecule has 2 heterocycles. The van der Waals surface area contributed by atoms with E-state index in [-0.39, 0.29) is 22.5 Å². The molecule has 0 atom stereocenters. The van der Waals surface area contributed by atoms with Crippen LogP contribution in [0.4, 0.5) is 8.78 Å². The molecule has 8 heteroatoms. The van der Waals surface area contributed by atoms with Crippen LogP contribution in [0.3, 0.4) is 0 Å². The molecule has 1 aromatic heterocycles. The molecule has 1 N–H and O–H groups in total. The molecule has 3 nitrogen and oxygen atoms in total. The van der Waals surface area contributed by atoms with Crippen molar-refractivity contribution in [3.63, 3.8) is 0 Å². The van der Waals surface area contributed by atoms with Gasteiger partial charge in [-0.15, -0.1) is 0 Å². The molecule has 0 radical (unpaired) electrons. The second-order valence-corrected chi connectivity index (χ2v) is 10.8. The van der Waals surface area contributed by atoms with Gasteiger partial charge in [0.05, 0.1) is 26.5 Å². The van der Waals surface area contributed by atoms with Gasteiger partial charge in [0.2, 0.25) is 0 Å². The van der Waals surface area contributed by atoms with Crippen molar-refractivity contribution in [3.05, 3.63) is 68.1 Å². The molecule has 186 valence electrons. The van der Waals surface area contributed by atoms with Gasteiger partial charge in [-0.2, -0.15) is 0 Å². The Morgan fingerprint density at radius 3 is 2.17 bits per heavy atom. The number of allylic oxidation sites excluding steroid dienone is 2. The third-order valence-electron chi connectivity index (χ3n) is 7.23. The minimum Gasteiger partial charge on any atom is -0.450 e. The molecule has 0 amide bonds. The molecule has 0 unspecified atom stereocenters. The van der Waals surface area contributed by atoms with Crippen LogP contribution in [0.1, 0.15) is 81.5 Å². The van der Waals surface area contributed by atoms with E-state index in [9.17, 15) is 8.78 Å². The Balaban J connectivity index is 1.60. The first-order valence-electron chi connectivity index (χ1n) is 12.3. The Labute approximate surface area is 219 Å². The van der Waals surface area contributed by atoms with Gasteiger partial charge < -0.3 is 9.72 Å². The number of ether oxygens (including phenoxy) is 1. The van der Waals surface area contributed by atoms with Crippen molar-refractivity contribution >= 4 is 46.3 Å². The molecule has 2 aliphatic carbocycles. The summed E-state index contributed by atoms with van der Waals surface area (Å²) in [7, 11) is 0. The molecule has 2 saturated carbocycles. The minimum absolute atomic E-state index is 0.138. The maximum Gasteiger partial charge on any atom is 0.178 e. The highest BCUT2D eigenvalue weighted by atomic mass is 35.5. The average Bonchev–Trinajstić information content (AvgIpc) is 3.39. The van der Waals surface area contributed by atoms with Gasteiger partial charge >= 0.3 is 0 Å². The van der Waals surface area contributed by atoms with E-state index in [0.717, 1.165) is 74.9 Å². The van der Waals surface area contributed by atoms with Gasteiger partial charge in [-0.05, 0) is 43.9 Å². The summed E-state index contributed by atoms with van der Waals surface area (Å²) in [6, 6.07) is 4.94. The van der Waals surface area contributed by atoms with Crippen LogP contribution in [-0.4, -0.2) is 10.7 Å². The molecule has 35 heavy (non-hydrogen) atoms. The largest absolute Gasteiger partial charge is 0.450 e. The Hall–Kier alpha value is -1.82. The first-order chi connectivity index (χ1) is 16.9. The SMILES string of the molecule is Fc1ccc(O/C(=C2/N=C(C3CCCCC3)C(Cl)=C2Cl)c2cc(Cl)c(C3CCCCC3)[nH]2)c(F)c1. The highest BCUT2D eigenvalue weighted by Crippen LogP contribution is 2.43. The van der Waals surface area contributed by atoms with Crippen molar-refractivity contribution in [3.8, 4) is 5.75 Å². The Bertz CT molecular complexity index is 1210. The molecule has 2 aromatic rings. The van der Waals surface area contributed by atoms with Gasteiger partial charge in [0.15, 0.2) is 17.3 Å². The van der Waals surface area contributed by atoms with E-state index in [1.54, 1.807) is 6.07 Å². The first kappa shape index (κ1) is 24.9. The number of aromatic amines is 1. The van der Waals surface area contributed by atoms with Gasteiger partial charge in [0, 0.05) is 23.6 Å². The Morgan fingerprint density at radius 1 is 0.857 bits per heavy atom. The third kappa shape index (κ3) is 5.19. The predicted molar refractivity (Wildman–Crippen MR) is 138 cm³/mol. The van der Waals surface area contributed by atoms with E-state index in [1.165, 1.54) is 18.9 Å². The number of nitrogens with zero attached hydrogens (tertiary/aromatic N) is 1. The van der Waals surface area contributed by atoms with E-state index in [4.69, 9.17) is 44.5 Å². The summed E-state index contributed by atoms with van der Waals surface area (Å²) >= 11 is 20.0. The fourth-order valence-corrected chi connectivity index (χ4v) is 6.21. The topological polar surface area (TPSA) is 37.4 Å². The zero-order chi connectivity index (χ0) is 24.5. The van der Waals surface area contributed by atoms with E-state index < -0.39 is 11.6 Å². The lowest BCUT2D eigenvalue weighted by atomic mass is 9.86. The summed E-state index contributed by atoms with van der Waals surface area (Å²) in [5, 5.41) is 1.25. The van der Waals surface area contributed by atoms with Crippen molar-refractivity contribution in [1.29, 1.82) is 0 Å². The van der Waals surface area contributed by atoms with Gasteiger partial charge in [0.1, 0.15) is 11.5 Å². The highest BCUT2D eigenvalue weighted by molar-refractivity contribution is 6.52. The number of nitrogens with one attached hydrogen (secondary N) is 1. The lowest BCUT2D eigenvalue weighted by molar-refractivity contribution is 0.436. The third-order valence-corrected chi connectivity index (χ3v) is 8.39. The van der Waals surface area contributed by atoms with Gasteiger partial charge in [0.25, 0.3) is 0 Å². The van der Waals surface area contributed by atoms with Crippen LogP contribution < -0.4 is 4.74 Å². The van der Waals surface area contributed by atoms with Crippen molar-refractivity contribution in [1.82, 2.24) is 4.98 Å². The minimum atomic E-state index is -0.825. The molecule has 5 rings (SSSR count).